The Hall–Kier alpha value is -4.12. The van der Waals surface area contributed by atoms with Gasteiger partial charge in [0.1, 0.15) is 0 Å². The van der Waals surface area contributed by atoms with Gasteiger partial charge < -0.3 is 24.4 Å². The first-order valence-electron chi connectivity index (χ1n) is 12.9. The Morgan fingerprint density at radius 2 is 1.63 bits per heavy atom. The van der Waals surface area contributed by atoms with E-state index in [0.29, 0.717) is 60.7 Å². The highest BCUT2D eigenvalue weighted by molar-refractivity contribution is 6.30. The van der Waals surface area contributed by atoms with Gasteiger partial charge in [0.2, 0.25) is 5.75 Å². The number of nitrogens with zero attached hydrogens (tertiary/aromatic N) is 3. The molecule has 0 aliphatic carbocycles. The summed E-state index contributed by atoms with van der Waals surface area (Å²) in [5.41, 5.74) is 3.17. The van der Waals surface area contributed by atoms with Gasteiger partial charge in [0.05, 0.1) is 38.6 Å². The predicted molar refractivity (Wildman–Crippen MR) is 154 cm³/mol. The van der Waals surface area contributed by atoms with E-state index in [9.17, 15) is 19.8 Å². The molecule has 1 atom stereocenters. The van der Waals surface area contributed by atoms with E-state index in [1.165, 1.54) is 7.11 Å². The van der Waals surface area contributed by atoms with Gasteiger partial charge in [-0.3, -0.25) is 14.8 Å². The Morgan fingerprint density at radius 3 is 2.22 bits per heavy atom. The van der Waals surface area contributed by atoms with Crippen molar-refractivity contribution in [3.05, 3.63) is 82.5 Å². The minimum atomic E-state index is -1.30. The fraction of sp³-hybridized carbons (Fsp3) is 0.300. The lowest BCUT2D eigenvalue weighted by Crippen LogP contribution is -2.54. The summed E-state index contributed by atoms with van der Waals surface area (Å²) in [7, 11) is 4.62. The van der Waals surface area contributed by atoms with Gasteiger partial charge in [0.25, 0.3) is 0 Å². The van der Waals surface area contributed by atoms with Crippen LogP contribution in [0.4, 0.5) is 0 Å². The molecular weight excluding hydrogens is 550 g/mol. The number of carboxylic acid groups (broad SMARTS) is 2. The molecule has 1 saturated heterocycles. The number of hydrogen-bond acceptors (Lipinski definition) is 8. The summed E-state index contributed by atoms with van der Waals surface area (Å²) in [4.78, 5) is 32.4. The fourth-order valence-corrected chi connectivity index (χ4v) is 5.11. The Balaban J connectivity index is 1.62. The van der Waals surface area contributed by atoms with E-state index >= 15 is 0 Å². The molecule has 1 aliphatic rings. The average Bonchev–Trinajstić information content (AvgIpc) is 2.97. The van der Waals surface area contributed by atoms with Crippen molar-refractivity contribution in [3.63, 3.8) is 0 Å². The van der Waals surface area contributed by atoms with Gasteiger partial charge in [0.15, 0.2) is 11.5 Å². The molecule has 2 N–H and O–H groups in total. The molecule has 41 heavy (non-hydrogen) atoms. The molecule has 0 amide bonds. The standard InChI is InChI=1S/C30H32ClN3O7/c1-39-26-13-21(14-27(40-2)29(26)41-3)24-12-20(8-9-32-24)17-34-11-10-33(16-19-4-6-22(31)7-5-19)18-25(34)23(30(37)38)15-28(35)36/h4-9,12-15,25H,10-11,16-18H2,1-3H3,(H,35,36)(H,37,38)/b23-15-. The Labute approximate surface area is 243 Å². The molecule has 2 aromatic carbocycles. The second-order valence-corrected chi connectivity index (χ2v) is 9.99. The second-order valence-electron chi connectivity index (χ2n) is 9.55. The van der Waals surface area contributed by atoms with Gasteiger partial charge in [-0.25, -0.2) is 9.59 Å². The molecule has 1 aromatic heterocycles. The van der Waals surface area contributed by atoms with E-state index in [2.05, 4.69) is 9.88 Å². The summed E-state index contributed by atoms with van der Waals surface area (Å²) in [5.74, 6) is -1.10. The molecule has 1 fully saturated rings. The number of aromatic nitrogens is 1. The summed E-state index contributed by atoms with van der Waals surface area (Å²) in [6, 6.07) is 14.2. The van der Waals surface area contributed by atoms with Gasteiger partial charge in [-0.1, -0.05) is 23.7 Å². The molecule has 1 aliphatic heterocycles. The zero-order chi connectivity index (χ0) is 29.5. The highest BCUT2D eigenvalue weighted by Gasteiger charge is 2.33. The van der Waals surface area contributed by atoms with Crippen molar-refractivity contribution in [2.75, 3.05) is 41.0 Å². The van der Waals surface area contributed by atoms with Crippen LogP contribution in [0.3, 0.4) is 0 Å². The smallest absolute Gasteiger partial charge is 0.333 e. The zero-order valence-electron chi connectivity index (χ0n) is 23.0. The lowest BCUT2D eigenvalue weighted by atomic mass is 9.99. The van der Waals surface area contributed by atoms with Crippen LogP contribution in [-0.2, 0) is 22.7 Å². The van der Waals surface area contributed by atoms with Gasteiger partial charge in [-0.05, 0) is 47.5 Å². The van der Waals surface area contributed by atoms with Crippen molar-refractivity contribution in [2.45, 2.75) is 19.1 Å². The summed E-state index contributed by atoms with van der Waals surface area (Å²) < 4.78 is 16.4. The van der Waals surface area contributed by atoms with E-state index in [4.69, 9.17) is 25.8 Å². The van der Waals surface area contributed by atoms with Crippen LogP contribution >= 0.6 is 11.6 Å². The Morgan fingerprint density at radius 1 is 0.951 bits per heavy atom. The van der Waals surface area contributed by atoms with E-state index in [1.807, 2.05) is 53.4 Å². The van der Waals surface area contributed by atoms with Crippen molar-refractivity contribution < 1.29 is 34.0 Å². The maximum atomic E-state index is 12.2. The lowest BCUT2D eigenvalue weighted by Gasteiger charge is -2.41. The van der Waals surface area contributed by atoms with Crippen LogP contribution in [-0.4, -0.2) is 83.9 Å². The molecule has 10 nitrogen and oxygen atoms in total. The largest absolute Gasteiger partial charge is 0.493 e. The molecule has 2 heterocycles. The summed E-state index contributed by atoms with van der Waals surface area (Å²) in [6.45, 7) is 2.53. The summed E-state index contributed by atoms with van der Waals surface area (Å²) in [5, 5.41) is 20.0. The van der Waals surface area contributed by atoms with Gasteiger partial charge in [-0.2, -0.15) is 0 Å². The molecule has 4 rings (SSSR count). The molecular formula is C30H32ClN3O7. The molecule has 3 aromatic rings. The zero-order valence-corrected chi connectivity index (χ0v) is 23.8. The van der Waals surface area contributed by atoms with Crippen molar-refractivity contribution in [1.29, 1.82) is 0 Å². The first-order chi connectivity index (χ1) is 19.7. The first-order valence-corrected chi connectivity index (χ1v) is 13.2. The van der Waals surface area contributed by atoms with Crippen LogP contribution < -0.4 is 14.2 Å². The van der Waals surface area contributed by atoms with Crippen LogP contribution in [0.25, 0.3) is 11.3 Å². The molecule has 0 bridgehead atoms. The predicted octanol–water partition coefficient (Wildman–Crippen LogP) is 4.21. The van der Waals surface area contributed by atoms with E-state index < -0.39 is 18.0 Å². The maximum Gasteiger partial charge on any atom is 0.333 e. The number of hydrogen-bond donors (Lipinski definition) is 2. The molecule has 11 heteroatoms. The lowest BCUT2D eigenvalue weighted by molar-refractivity contribution is -0.136. The van der Waals surface area contributed by atoms with Crippen LogP contribution in [0.5, 0.6) is 17.2 Å². The highest BCUT2D eigenvalue weighted by Crippen LogP contribution is 2.41. The molecule has 0 spiro atoms. The van der Waals surface area contributed by atoms with E-state index in [-0.39, 0.29) is 5.57 Å². The number of aliphatic carboxylic acids is 2. The molecule has 0 radical (unpaired) electrons. The third kappa shape index (κ3) is 7.35. The summed E-state index contributed by atoms with van der Waals surface area (Å²) >= 11 is 6.02. The molecule has 0 saturated carbocycles. The second kappa shape index (κ2) is 13.5. The quantitative estimate of drug-likeness (QED) is 0.318. The number of benzene rings is 2. The number of rotatable bonds is 11. The number of methoxy groups -OCH3 is 3. The topological polar surface area (TPSA) is 122 Å². The number of ether oxygens (including phenoxy) is 3. The van der Waals surface area contributed by atoms with Crippen LogP contribution in [0.1, 0.15) is 11.1 Å². The van der Waals surface area contributed by atoms with Gasteiger partial charge in [0, 0.05) is 55.6 Å². The van der Waals surface area contributed by atoms with Gasteiger partial charge in [-0.15, -0.1) is 0 Å². The average molecular weight is 582 g/mol. The highest BCUT2D eigenvalue weighted by atomic mass is 35.5. The van der Waals surface area contributed by atoms with Crippen LogP contribution in [0.15, 0.2) is 66.4 Å². The van der Waals surface area contributed by atoms with Crippen molar-refractivity contribution >= 4 is 23.5 Å². The number of carbonyl (C=O) groups is 2. The van der Waals surface area contributed by atoms with Gasteiger partial charge >= 0.3 is 11.9 Å². The van der Waals surface area contributed by atoms with Crippen molar-refractivity contribution in [2.24, 2.45) is 0 Å². The first kappa shape index (κ1) is 29.9. The normalized spacial score (nSPS) is 16.3. The van der Waals surface area contributed by atoms with Crippen molar-refractivity contribution in [3.8, 4) is 28.5 Å². The van der Waals surface area contributed by atoms with Crippen molar-refractivity contribution in [1.82, 2.24) is 14.8 Å². The minimum absolute atomic E-state index is 0.169. The molecule has 216 valence electrons. The molecule has 1 unspecified atom stereocenters. The minimum Gasteiger partial charge on any atom is -0.493 e. The Kier molecular flexibility index (Phi) is 9.82. The summed E-state index contributed by atoms with van der Waals surface area (Å²) in [6.07, 6.45) is 2.48. The third-order valence-electron chi connectivity index (χ3n) is 6.95. The maximum absolute atomic E-state index is 12.2. The van der Waals surface area contributed by atoms with Crippen LogP contribution in [0.2, 0.25) is 5.02 Å². The number of carboxylic acids is 2. The Bertz CT molecular complexity index is 1400. The fourth-order valence-electron chi connectivity index (χ4n) is 4.98. The third-order valence-corrected chi connectivity index (χ3v) is 7.20. The SMILES string of the molecule is COc1cc(-c2cc(CN3CCN(Cc4ccc(Cl)cc4)CC3/C(=C/C(=O)O)C(=O)O)ccn2)cc(OC)c1OC. The van der Waals surface area contributed by atoms with E-state index in [0.717, 1.165) is 22.8 Å². The number of halogens is 1. The monoisotopic (exact) mass is 581 g/mol. The van der Waals surface area contributed by atoms with Crippen LogP contribution in [0, 0.1) is 0 Å². The number of piperazine rings is 1. The number of pyridine rings is 1. The van der Waals surface area contributed by atoms with E-state index in [1.54, 1.807) is 20.4 Å².